The summed E-state index contributed by atoms with van der Waals surface area (Å²) in [5, 5.41) is 10.6. The van der Waals surface area contributed by atoms with Crippen LogP contribution in [-0.2, 0) is 0 Å². The van der Waals surface area contributed by atoms with Gasteiger partial charge in [0.1, 0.15) is 23.7 Å². The second kappa shape index (κ2) is 6.98. The van der Waals surface area contributed by atoms with Crippen molar-refractivity contribution in [3.05, 3.63) is 11.2 Å². The number of anilines is 1. The predicted molar refractivity (Wildman–Crippen MR) is 90.5 cm³/mol. The average Bonchev–Trinajstić information content (AvgIpc) is 2.81. The van der Waals surface area contributed by atoms with Crippen LogP contribution in [0.2, 0.25) is 5.15 Å². The van der Waals surface area contributed by atoms with E-state index in [-0.39, 0.29) is 12.1 Å². The van der Waals surface area contributed by atoms with Gasteiger partial charge in [-0.15, -0.1) is 0 Å². The van der Waals surface area contributed by atoms with Gasteiger partial charge < -0.3 is 14.7 Å². The molecule has 2 aliphatic rings. The summed E-state index contributed by atoms with van der Waals surface area (Å²) in [6.07, 6.45) is 1.30. The second-order valence-electron chi connectivity index (χ2n) is 7.09. The number of halogens is 2. The van der Waals surface area contributed by atoms with Crippen LogP contribution in [0.5, 0.6) is 6.01 Å². The molecule has 2 saturated heterocycles. The summed E-state index contributed by atoms with van der Waals surface area (Å²) in [6.45, 7) is 3.88. The Morgan fingerprint density at radius 2 is 2.29 bits per heavy atom. The Morgan fingerprint density at radius 1 is 1.50 bits per heavy atom. The van der Waals surface area contributed by atoms with E-state index in [1.54, 1.807) is 6.07 Å². The molecule has 8 heteroatoms. The first-order valence-electron chi connectivity index (χ1n) is 8.31. The molecule has 0 radical (unpaired) electrons. The van der Waals surface area contributed by atoms with Gasteiger partial charge in [-0.3, -0.25) is 4.90 Å². The SMILES string of the molecule is CN1C[C@H](F)C[C@H]1COc1nc(Cl)cc(N2CCC[C@@](C)(O)C2)n1. The van der Waals surface area contributed by atoms with E-state index < -0.39 is 11.8 Å². The van der Waals surface area contributed by atoms with Gasteiger partial charge in [0.15, 0.2) is 0 Å². The van der Waals surface area contributed by atoms with Gasteiger partial charge in [-0.05, 0) is 33.2 Å². The molecule has 2 fully saturated rings. The molecular weight excluding hydrogens is 335 g/mol. The molecule has 6 nitrogen and oxygen atoms in total. The maximum Gasteiger partial charge on any atom is 0.319 e. The third kappa shape index (κ3) is 4.26. The quantitative estimate of drug-likeness (QED) is 0.829. The molecular formula is C16H24ClFN4O2. The highest BCUT2D eigenvalue weighted by molar-refractivity contribution is 6.29. The molecule has 3 atom stereocenters. The van der Waals surface area contributed by atoms with Gasteiger partial charge in [-0.25, -0.2) is 4.39 Å². The number of ether oxygens (including phenoxy) is 1. The normalized spacial score (nSPS) is 31.5. The first-order chi connectivity index (χ1) is 11.3. The standard InChI is InChI=1S/C16H24ClFN4O2/c1-16(23)4-3-5-22(10-16)14-7-13(17)19-15(20-14)24-9-12-6-11(18)8-21(12)2/h7,11-12,23H,3-6,8-10H2,1-2H3/t11-,12+,16-/m1/s1. The molecule has 0 aliphatic carbocycles. The van der Waals surface area contributed by atoms with E-state index in [1.165, 1.54) is 0 Å². The van der Waals surface area contributed by atoms with Crippen LogP contribution in [0.3, 0.4) is 0 Å². The van der Waals surface area contributed by atoms with Gasteiger partial charge in [-0.1, -0.05) is 11.6 Å². The lowest BCUT2D eigenvalue weighted by Crippen LogP contribution is -2.46. The topological polar surface area (TPSA) is 61.7 Å². The highest BCUT2D eigenvalue weighted by Gasteiger charge is 2.31. The highest BCUT2D eigenvalue weighted by Crippen LogP contribution is 2.27. The molecule has 0 aromatic carbocycles. The van der Waals surface area contributed by atoms with Gasteiger partial charge in [-0.2, -0.15) is 9.97 Å². The Hall–Kier alpha value is -1.18. The number of aromatic nitrogens is 2. The van der Waals surface area contributed by atoms with Crippen molar-refractivity contribution >= 4 is 17.4 Å². The molecule has 3 heterocycles. The van der Waals surface area contributed by atoms with E-state index in [2.05, 4.69) is 9.97 Å². The predicted octanol–water partition coefficient (Wildman–Crippen LogP) is 1.90. The lowest BCUT2D eigenvalue weighted by atomic mass is 9.95. The third-order valence-electron chi connectivity index (χ3n) is 4.70. The van der Waals surface area contributed by atoms with E-state index in [0.717, 1.165) is 19.4 Å². The Morgan fingerprint density at radius 3 is 2.96 bits per heavy atom. The van der Waals surface area contributed by atoms with Crippen molar-refractivity contribution in [1.29, 1.82) is 0 Å². The number of piperidine rings is 1. The summed E-state index contributed by atoms with van der Waals surface area (Å²) in [4.78, 5) is 12.4. The van der Waals surface area contributed by atoms with Gasteiger partial charge in [0.25, 0.3) is 0 Å². The summed E-state index contributed by atoms with van der Waals surface area (Å²) in [6, 6.07) is 1.88. The van der Waals surface area contributed by atoms with E-state index in [4.69, 9.17) is 16.3 Å². The fraction of sp³-hybridized carbons (Fsp3) is 0.750. The zero-order valence-electron chi connectivity index (χ0n) is 14.1. The summed E-state index contributed by atoms with van der Waals surface area (Å²) in [7, 11) is 1.88. The molecule has 1 aromatic rings. The van der Waals surface area contributed by atoms with Gasteiger partial charge in [0.05, 0.1) is 5.60 Å². The van der Waals surface area contributed by atoms with Crippen LogP contribution < -0.4 is 9.64 Å². The van der Waals surface area contributed by atoms with Crippen LogP contribution >= 0.6 is 11.6 Å². The van der Waals surface area contributed by atoms with Gasteiger partial charge in [0, 0.05) is 31.7 Å². The van der Waals surface area contributed by atoms with E-state index in [0.29, 0.717) is 37.1 Å². The van der Waals surface area contributed by atoms with Gasteiger partial charge in [0.2, 0.25) is 0 Å². The molecule has 24 heavy (non-hydrogen) atoms. The summed E-state index contributed by atoms with van der Waals surface area (Å²) >= 11 is 6.10. The minimum atomic E-state index is -0.810. The zero-order valence-corrected chi connectivity index (χ0v) is 14.8. The Bertz CT molecular complexity index is 589. The van der Waals surface area contributed by atoms with Crippen molar-refractivity contribution in [3.8, 4) is 6.01 Å². The number of likely N-dealkylation sites (N-methyl/N-ethyl adjacent to an activating group) is 1. The molecule has 2 aliphatic heterocycles. The molecule has 134 valence electrons. The van der Waals surface area contributed by atoms with E-state index in [1.807, 2.05) is 23.8 Å². The summed E-state index contributed by atoms with van der Waals surface area (Å²) in [5.41, 5.74) is -0.737. The van der Waals surface area contributed by atoms with Crippen molar-refractivity contribution in [2.45, 2.75) is 44.0 Å². The monoisotopic (exact) mass is 358 g/mol. The smallest absolute Gasteiger partial charge is 0.319 e. The van der Waals surface area contributed by atoms with Gasteiger partial charge >= 0.3 is 6.01 Å². The van der Waals surface area contributed by atoms with Crippen molar-refractivity contribution in [2.75, 3.05) is 38.2 Å². The Labute approximate surface area is 146 Å². The third-order valence-corrected chi connectivity index (χ3v) is 4.90. The average molecular weight is 359 g/mol. The molecule has 0 saturated carbocycles. The van der Waals surface area contributed by atoms with Crippen molar-refractivity contribution in [3.63, 3.8) is 0 Å². The first kappa shape index (κ1) is 17.6. The van der Waals surface area contributed by atoms with Crippen LogP contribution in [0.15, 0.2) is 6.07 Å². The zero-order chi connectivity index (χ0) is 17.3. The fourth-order valence-electron chi connectivity index (χ4n) is 3.40. The molecule has 0 bridgehead atoms. The van der Waals surface area contributed by atoms with Crippen LogP contribution in [0.4, 0.5) is 10.2 Å². The number of hydrogen-bond acceptors (Lipinski definition) is 6. The first-order valence-corrected chi connectivity index (χ1v) is 8.69. The number of hydrogen-bond donors (Lipinski definition) is 1. The largest absolute Gasteiger partial charge is 0.462 e. The number of rotatable bonds is 4. The minimum Gasteiger partial charge on any atom is -0.462 e. The lowest BCUT2D eigenvalue weighted by Gasteiger charge is -2.37. The van der Waals surface area contributed by atoms with E-state index >= 15 is 0 Å². The Kier molecular flexibility index (Phi) is 5.13. The van der Waals surface area contributed by atoms with Crippen LogP contribution in [0, 0.1) is 0 Å². The van der Waals surface area contributed by atoms with Crippen LogP contribution in [-0.4, -0.2) is 71.1 Å². The summed E-state index contributed by atoms with van der Waals surface area (Å²) < 4.78 is 19.1. The number of nitrogens with zero attached hydrogens (tertiary/aromatic N) is 4. The molecule has 1 N–H and O–H groups in total. The highest BCUT2D eigenvalue weighted by atomic mass is 35.5. The van der Waals surface area contributed by atoms with Crippen molar-refractivity contribution in [1.82, 2.24) is 14.9 Å². The number of aliphatic hydroxyl groups is 1. The fourth-order valence-corrected chi connectivity index (χ4v) is 3.57. The number of β-amino-alcohol motifs (C(OH)–C–C–N with tert-alkyl or cyclic N) is 1. The van der Waals surface area contributed by atoms with Crippen molar-refractivity contribution in [2.24, 2.45) is 0 Å². The van der Waals surface area contributed by atoms with Crippen LogP contribution in [0.1, 0.15) is 26.2 Å². The Balaban J connectivity index is 1.67. The maximum absolute atomic E-state index is 13.4. The molecule has 0 unspecified atom stereocenters. The number of alkyl halides is 1. The molecule has 1 aromatic heterocycles. The lowest BCUT2D eigenvalue weighted by molar-refractivity contribution is 0.0446. The molecule has 3 rings (SSSR count). The van der Waals surface area contributed by atoms with Crippen molar-refractivity contribution < 1.29 is 14.2 Å². The van der Waals surface area contributed by atoms with E-state index in [9.17, 15) is 9.50 Å². The maximum atomic E-state index is 13.4. The summed E-state index contributed by atoms with van der Waals surface area (Å²) in [5.74, 6) is 0.646. The second-order valence-corrected chi connectivity index (χ2v) is 7.48. The molecule has 0 spiro atoms. The molecule has 0 amide bonds. The van der Waals surface area contributed by atoms with Crippen LogP contribution in [0.25, 0.3) is 0 Å². The number of likely N-dealkylation sites (tertiary alicyclic amines) is 1. The minimum absolute atomic E-state index is 0.0155.